The molecule has 1 rings (SSSR count). The molecule has 0 atom stereocenters. The third-order valence-electron chi connectivity index (χ3n) is 2.09. The topological polar surface area (TPSA) is 42.0 Å². The first-order valence-corrected chi connectivity index (χ1v) is 5.31. The number of aryl methyl sites for hydroxylation is 1. The number of carbonyl (C=O) groups excluding carboxylic acids is 1. The molecule has 92 valence electrons. The predicted molar refractivity (Wildman–Crippen MR) is 61.8 cm³/mol. The highest BCUT2D eigenvalue weighted by Gasteiger charge is 2.02. The fraction of sp³-hybridized carbons (Fsp3) is 0.333. The predicted octanol–water partition coefficient (Wildman–Crippen LogP) is 3.28. The smallest absolute Gasteiger partial charge is 0.266 e. The van der Waals surface area contributed by atoms with Crippen molar-refractivity contribution in [3.63, 3.8) is 0 Å². The summed E-state index contributed by atoms with van der Waals surface area (Å²) in [5.74, 6) is 0.266. The van der Waals surface area contributed by atoms with Crippen LogP contribution in [-0.4, -0.2) is 10.9 Å². The molecule has 0 unspecified atom stereocenters. The Hall–Kier alpha value is -1.78. The normalized spacial score (nSPS) is 9.82. The molecule has 1 heterocycles. The second-order valence-corrected chi connectivity index (χ2v) is 3.65. The highest BCUT2D eigenvalue weighted by Crippen LogP contribution is 2.07. The van der Waals surface area contributed by atoms with E-state index in [2.05, 4.69) is 10.3 Å². The molecule has 3 nitrogen and oxygen atoms in total. The summed E-state index contributed by atoms with van der Waals surface area (Å²) < 4.78 is 23.4. The van der Waals surface area contributed by atoms with Crippen LogP contribution in [0.3, 0.4) is 0 Å². The Kier molecular flexibility index (Phi) is 5.26. The van der Waals surface area contributed by atoms with Gasteiger partial charge in [-0.05, 0) is 37.5 Å². The zero-order chi connectivity index (χ0) is 12.7. The summed E-state index contributed by atoms with van der Waals surface area (Å²) in [5, 5.41) is 2.60. The fourth-order valence-corrected chi connectivity index (χ4v) is 1.22. The number of amides is 1. The molecular formula is C12H14F2N2O. The fourth-order valence-electron chi connectivity index (χ4n) is 1.22. The minimum Gasteiger partial charge on any atom is -0.311 e. The summed E-state index contributed by atoms with van der Waals surface area (Å²) in [5.41, 5.74) is 1.01. The summed E-state index contributed by atoms with van der Waals surface area (Å²) in [4.78, 5) is 15.4. The van der Waals surface area contributed by atoms with Gasteiger partial charge in [-0.3, -0.25) is 4.79 Å². The van der Waals surface area contributed by atoms with Crippen LogP contribution in [0.2, 0.25) is 0 Å². The van der Waals surface area contributed by atoms with E-state index in [1.165, 1.54) is 0 Å². The highest BCUT2D eigenvalue weighted by molar-refractivity contribution is 5.89. The number of rotatable bonds is 5. The van der Waals surface area contributed by atoms with Crippen LogP contribution in [0.25, 0.3) is 0 Å². The number of aromatic nitrogens is 1. The van der Waals surface area contributed by atoms with Crippen molar-refractivity contribution in [2.24, 2.45) is 0 Å². The maximum absolute atomic E-state index is 11.7. The SMILES string of the molecule is Cc1ccc(NC(=O)CCCC=C(F)F)nc1. The van der Waals surface area contributed by atoms with Gasteiger partial charge in [-0.15, -0.1) is 0 Å². The number of hydrogen-bond donors (Lipinski definition) is 1. The average Bonchev–Trinajstić information content (AvgIpc) is 2.27. The Bertz CT molecular complexity index is 397. The Morgan fingerprint density at radius 2 is 2.24 bits per heavy atom. The lowest BCUT2D eigenvalue weighted by atomic mass is 10.2. The molecule has 1 N–H and O–H groups in total. The van der Waals surface area contributed by atoms with Crippen LogP contribution >= 0.6 is 0 Å². The molecular weight excluding hydrogens is 226 g/mol. The molecule has 0 saturated heterocycles. The van der Waals surface area contributed by atoms with Crippen LogP contribution in [0.1, 0.15) is 24.8 Å². The lowest BCUT2D eigenvalue weighted by molar-refractivity contribution is -0.116. The van der Waals surface area contributed by atoms with E-state index < -0.39 is 6.08 Å². The molecule has 0 aromatic carbocycles. The molecule has 5 heteroatoms. The van der Waals surface area contributed by atoms with Crippen LogP contribution in [0.15, 0.2) is 30.5 Å². The van der Waals surface area contributed by atoms with E-state index in [0.29, 0.717) is 12.2 Å². The summed E-state index contributed by atoms with van der Waals surface area (Å²) in [6.45, 7) is 1.90. The summed E-state index contributed by atoms with van der Waals surface area (Å²) in [7, 11) is 0. The van der Waals surface area contributed by atoms with Crippen molar-refractivity contribution >= 4 is 11.7 Å². The Morgan fingerprint density at radius 3 is 2.82 bits per heavy atom. The highest BCUT2D eigenvalue weighted by atomic mass is 19.3. The van der Waals surface area contributed by atoms with Crippen LogP contribution < -0.4 is 5.32 Å². The molecule has 0 spiro atoms. The lowest BCUT2D eigenvalue weighted by Gasteiger charge is -2.03. The number of allylic oxidation sites excluding steroid dienone is 1. The van der Waals surface area contributed by atoms with Crippen LogP contribution in [0, 0.1) is 6.92 Å². The number of nitrogens with zero attached hydrogens (tertiary/aromatic N) is 1. The maximum Gasteiger partial charge on any atom is 0.266 e. The number of pyridine rings is 1. The van der Waals surface area contributed by atoms with Crippen molar-refractivity contribution in [1.82, 2.24) is 4.98 Å². The van der Waals surface area contributed by atoms with Gasteiger partial charge in [-0.1, -0.05) is 6.07 Å². The van der Waals surface area contributed by atoms with Crippen LogP contribution in [0.4, 0.5) is 14.6 Å². The van der Waals surface area contributed by atoms with Gasteiger partial charge < -0.3 is 5.32 Å². The van der Waals surface area contributed by atoms with Crippen molar-refractivity contribution < 1.29 is 13.6 Å². The maximum atomic E-state index is 11.7. The monoisotopic (exact) mass is 240 g/mol. The number of hydrogen-bond acceptors (Lipinski definition) is 2. The summed E-state index contributed by atoms with van der Waals surface area (Å²) in [6, 6.07) is 3.54. The molecule has 0 bridgehead atoms. The van der Waals surface area contributed by atoms with Crippen LogP contribution in [0.5, 0.6) is 0 Å². The van der Waals surface area contributed by atoms with E-state index in [4.69, 9.17) is 0 Å². The molecule has 0 aliphatic heterocycles. The van der Waals surface area contributed by atoms with E-state index >= 15 is 0 Å². The van der Waals surface area contributed by atoms with E-state index in [0.717, 1.165) is 11.6 Å². The number of carbonyl (C=O) groups is 1. The zero-order valence-electron chi connectivity index (χ0n) is 9.54. The number of anilines is 1. The van der Waals surface area contributed by atoms with Gasteiger partial charge in [0, 0.05) is 12.6 Å². The molecule has 1 aromatic rings. The van der Waals surface area contributed by atoms with Crippen molar-refractivity contribution in [1.29, 1.82) is 0 Å². The molecule has 0 radical (unpaired) electrons. The minimum absolute atomic E-state index is 0.205. The largest absolute Gasteiger partial charge is 0.311 e. The molecule has 0 saturated carbocycles. The molecule has 0 fully saturated rings. The van der Waals surface area contributed by atoms with Gasteiger partial charge in [-0.2, -0.15) is 8.78 Å². The number of nitrogens with one attached hydrogen (secondary N) is 1. The van der Waals surface area contributed by atoms with Gasteiger partial charge in [-0.25, -0.2) is 4.98 Å². The van der Waals surface area contributed by atoms with E-state index in [-0.39, 0.29) is 18.7 Å². The molecule has 0 aliphatic rings. The first kappa shape index (κ1) is 13.3. The Morgan fingerprint density at radius 1 is 1.47 bits per heavy atom. The van der Waals surface area contributed by atoms with Gasteiger partial charge in [0.2, 0.25) is 5.91 Å². The number of halogens is 2. The third kappa shape index (κ3) is 5.75. The quantitative estimate of drug-likeness (QED) is 0.802. The number of unbranched alkanes of at least 4 members (excludes halogenated alkanes) is 1. The van der Waals surface area contributed by atoms with Crippen molar-refractivity contribution in [2.45, 2.75) is 26.2 Å². The Labute approximate surface area is 98.6 Å². The molecule has 1 aromatic heterocycles. The van der Waals surface area contributed by atoms with Gasteiger partial charge in [0.25, 0.3) is 6.08 Å². The lowest BCUT2D eigenvalue weighted by Crippen LogP contribution is -2.11. The van der Waals surface area contributed by atoms with E-state index in [1.54, 1.807) is 12.3 Å². The second-order valence-electron chi connectivity index (χ2n) is 3.65. The van der Waals surface area contributed by atoms with E-state index in [1.807, 2.05) is 13.0 Å². The summed E-state index contributed by atoms with van der Waals surface area (Å²) in [6.07, 6.45) is 1.57. The Balaban J connectivity index is 2.30. The van der Waals surface area contributed by atoms with Gasteiger partial charge in [0.1, 0.15) is 5.82 Å². The minimum atomic E-state index is -1.70. The third-order valence-corrected chi connectivity index (χ3v) is 2.09. The standard InChI is InChI=1S/C12H14F2N2O/c1-9-6-7-11(15-8-9)16-12(17)5-3-2-4-10(13)14/h4,6-8H,2-3,5H2,1H3,(H,15,16,17). The molecule has 0 aliphatic carbocycles. The van der Waals surface area contributed by atoms with Gasteiger partial charge >= 0.3 is 0 Å². The van der Waals surface area contributed by atoms with Crippen molar-refractivity contribution in [3.8, 4) is 0 Å². The van der Waals surface area contributed by atoms with E-state index in [9.17, 15) is 13.6 Å². The second kappa shape index (κ2) is 6.73. The van der Waals surface area contributed by atoms with Gasteiger partial charge in [0.05, 0.1) is 0 Å². The first-order chi connectivity index (χ1) is 8.08. The average molecular weight is 240 g/mol. The van der Waals surface area contributed by atoms with Crippen molar-refractivity contribution in [3.05, 3.63) is 36.0 Å². The van der Waals surface area contributed by atoms with Gasteiger partial charge in [0.15, 0.2) is 0 Å². The zero-order valence-corrected chi connectivity index (χ0v) is 9.54. The van der Waals surface area contributed by atoms with Crippen LogP contribution in [-0.2, 0) is 4.79 Å². The molecule has 1 amide bonds. The molecule has 17 heavy (non-hydrogen) atoms. The van der Waals surface area contributed by atoms with Crippen molar-refractivity contribution in [2.75, 3.05) is 5.32 Å². The first-order valence-electron chi connectivity index (χ1n) is 5.31. The summed E-state index contributed by atoms with van der Waals surface area (Å²) >= 11 is 0.